The summed E-state index contributed by atoms with van der Waals surface area (Å²) in [6, 6.07) is 3.49. The summed E-state index contributed by atoms with van der Waals surface area (Å²) in [5.74, 6) is -6.18. The van der Waals surface area contributed by atoms with Gasteiger partial charge in [-0.25, -0.2) is 4.79 Å². The number of aliphatic carboxylic acids is 1. The number of hydrogen-bond acceptors (Lipinski definition) is 1. The van der Waals surface area contributed by atoms with Gasteiger partial charge in [0.25, 0.3) is 0 Å². The second-order valence-electron chi connectivity index (χ2n) is 2.50. The Kier molecular flexibility index (Phi) is 3.11. The van der Waals surface area contributed by atoms with E-state index in [1.54, 1.807) is 0 Å². The van der Waals surface area contributed by atoms with E-state index in [1.165, 1.54) is 12.1 Å². The van der Waals surface area contributed by atoms with E-state index in [0.29, 0.717) is 4.47 Å². The second kappa shape index (κ2) is 3.82. The number of alkyl halides is 2. The molecule has 6 heteroatoms. The van der Waals surface area contributed by atoms with Crippen molar-refractivity contribution in [1.82, 2.24) is 0 Å². The summed E-state index contributed by atoms with van der Waals surface area (Å²) in [5.41, 5.74) is -0.713. The molecular weight excluding hydrogens is 281 g/mol. The highest BCUT2D eigenvalue weighted by molar-refractivity contribution is 9.10. The topological polar surface area (TPSA) is 37.3 Å². The summed E-state index contributed by atoms with van der Waals surface area (Å²) in [6.45, 7) is 0. The third-order valence-corrected chi connectivity index (χ3v) is 2.34. The van der Waals surface area contributed by atoms with Crippen molar-refractivity contribution in [3.8, 4) is 0 Å². The van der Waals surface area contributed by atoms with E-state index in [-0.39, 0.29) is 5.02 Å². The van der Waals surface area contributed by atoms with Crippen molar-refractivity contribution in [3.63, 3.8) is 0 Å². The summed E-state index contributed by atoms with van der Waals surface area (Å²) >= 11 is 8.51. The molecular formula is C8H4BrClF2O2. The maximum absolute atomic E-state index is 13.0. The molecule has 0 unspecified atom stereocenters. The average Bonchev–Trinajstić information content (AvgIpc) is 2.02. The van der Waals surface area contributed by atoms with Crippen molar-refractivity contribution >= 4 is 33.5 Å². The quantitative estimate of drug-likeness (QED) is 0.905. The molecule has 2 nitrogen and oxygen atoms in total. The molecule has 0 saturated carbocycles. The van der Waals surface area contributed by atoms with Crippen LogP contribution in [0.5, 0.6) is 0 Å². The molecule has 0 fully saturated rings. The molecule has 0 atom stereocenters. The van der Waals surface area contributed by atoms with Crippen LogP contribution < -0.4 is 0 Å². The zero-order chi connectivity index (χ0) is 10.9. The van der Waals surface area contributed by atoms with E-state index in [0.717, 1.165) is 6.07 Å². The zero-order valence-electron chi connectivity index (χ0n) is 6.60. The molecule has 1 aromatic rings. The van der Waals surface area contributed by atoms with Gasteiger partial charge in [-0.1, -0.05) is 27.5 Å². The lowest BCUT2D eigenvalue weighted by Gasteiger charge is -2.12. The average molecular weight is 285 g/mol. The molecule has 0 aromatic heterocycles. The van der Waals surface area contributed by atoms with Gasteiger partial charge in [0, 0.05) is 4.47 Å². The Morgan fingerprint density at radius 3 is 2.50 bits per heavy atom. The SMILES string of the molecule is O=C(O)C(F)(F)c1ccc(Br)cc1Cl. The van der Waals surface area contributed by atoms with E-state index in [9.17, 15) is 13.6 Å². The molecule has 1 N–H and O–H groups in total. The third kappa shape index (κ3) is 2.04. The Labute approximate surface area is 91.6 Å². The fourth-order valence-corrected chi connectivity index (χ4v) is 1.65. The van der Waals surface area contributed by atoms with E-state index in [2.05, 4.69) is 15.9 Å². The predicted octanol–water partition coefficient (Wildman–Crippen LogP) is 3.28. The van der Waals surface area contributed by atoms with Crippen molar-refractivity contribution in [3.05, 3.63) is 33.3 Å². The smallest absolute Gasteiger partial charge is 0.379 e. The molecule has 1 rings (SSSR count). The molecule has 0 aliphatic heterocycles. The summed E-state index contributed by atoms with van der Waals surface area (Å²) in [4.78, 5) is 10.2. The van der Waals surface area contributed by atoms with E-state index in [4.69, 9.17) is 16.7 Å². The normalized spacial score (nSPS) is 11.4. The number of benzene rings is 1. The van der Waals surface area contributed by atoms with Gasteiger partial charge in [0.1, 0.15) is 0 Å². The Balaban J connectivity index is 3.26. The number of hydrogen-bond donors (Lipinski definition) is 1. The zero-order valence-corrected chi connectivity index (χ0v) is 8.94. The first-order valence-electron chi connectivity index (χ1n) is 3.42. The van der Waals surface area contributed by atoms with Gasteiger partial charge in [0.05, 0.1) is 10.6 Å². The van der Waals surface area contributed by atoms with Crippen molar-refractivity contribution in [2.24, 2.45) is 0 Å². The van der Waals surface area contributed by atoms with Crippen molar-refractivity contribution in [1.29, 1.82) is 0 Å². The lowest BCUT2D eigenvalue weighted by atomic mass is 10.1. The molecule has 0 saturated heterocycles. The number of carbonyl (C=O) groups is 1. The largest absolute Gasteiger partial charge is 0.477 e. The molecule has 1 aromatic carbocycles. The standard InChI is InChI=1S/C8H4BrClF2O2/c9-4-1-2-5(6(10)3-4)8(11,12)7(13)14/h1-3H,(H,13,14). The summed E-state index contributed by atoms with van der Waals surface area (Å²) < 4.78 is 26.5. The van der Waals surface area contributed by atoms with Gasteiger partial charge < -0.3 is 5.11 Å². The minimum atomic E-state index is -3.96. The highest BCUT2D eigenvalue weighted by Gasteiger charge is 2.42. The molecule has 76 valence electrons. The lowest BCUT2D eigenvalue weighted by Crippen LogP contribution is -2.25. The van der Waals surface area contributed by atoms with Crippen molar-refractivity contribution in [2.45, 2.75) is 5.92 Å². The number of carboxylic acid groups (broad SMARTS) is 1. The van der Waals surface area contributed by atoms with Gasteiger partial charge in [0.2, 0.25) is 0 Å². The molecule has 0 aliphatic carbocycles. The van der Waals surface area contributed by atoms with E-state index < -0.39 is 17.5 Å². The minimum Gasteiger partial charge on any atom is -0.477 e. The fraction of sp³-hybridized carbons (Fsp3) is 0.125. The maximum Gasteiger partial charge on any atom is 0.379 e. The first kappa shape index (κ1) is 11.4. The Hall–Kier alpha value is -0.680. The molecule has 0 heterocycles. The van der Waals surface area contributed by atoms with Crippen LogP contribution in [0.2, 0.25) is 5.02 Å². The van der Waals surface area contributed by atoms with E-state index >= 15 is 0 Å². The van der Waals surface area contributed by atoms with Crippen LogP contribution in [0, 0.1) is 0 Å². The van der Waals surface area contributed by atoms with Crippen LogP contribution in [0.1, 0.15) is 5.56 Å². The third-order valence-electron chi connectivity index (χ3n) is 1.54. The molecule has 0 amide bonds. The molecule has 14 heavy (non-hydrogen) atoms. The van der Waals surface area contributed by atoms with Gasteiger partial charge in [-0.05, 0) is 18.2 Å². The van der Waals surface area contributed by atoms with E-state index in [1.807, 2.05) is 0 Å². The van der Waals surface area contributed by atoms with Gasteiger partial charge in [0.15, 0.2) is 0 Å². The van der Waals surface area contributed by atoms with Gasteiger partial charge in [-0.3, -0.25) is 0 Å². The predicted molar refractivity (Wildman–Crippen MR) is 50.7 cm³/mol. The van der Waals surface area contributed by atoms with Gasteiger partial charge in [-0.2, -0.15) is 8.78 Å². The number of rotatable bonds is 2. The highest BCUT2D eigenvalue weighted by atomic mass is 79.9. The monoisotopic (exact) mass is 284 g/mol. The minimum absolute atomic E-state index is 0.285. The lowest BCUT2D eigenvalue weighted by molar-refractivity contribution is -0.166. The Morgan fingerprint density at radius 1 is 1.50 bits per heavy atom. The molecule has 0 bridgehead atoms. The van der Waals surface area contributed by atoms with Crippen LogP contribution in [0.15, 0.2) is 22.7 Å². The van der Waals surface area contributed by atoms with Crippen LogP contribution >= 0.6 is 27.5 Å². The van der Waals surface area contributed by atoms with Crippen LogP contribution in [0.3, 0.4) is 0 Å². The number of carboxylic acids is 1. The number of halogens is 4. The molecule has 0 spiro atoms. The van der Waals surface area contributed by atoms with Crippen LogP contribution in [0.4, 0.5) is 8.78 Å². The van der Waals surface area contributed by atoms with Crippen LogP contribution in [-0.2, 0) is 10.7 Å². The Morgan fingerprint density at radius 2 is 2.07 bits per heavy atom. The van der Waals surface area contributed by atoms with Crippen molar-refractivity contribution in [2.75, 3.05) is 0 Å². The first-order valence-corrected chi connectivity index (χ1v) is 4.59. The molecule has 0 aliphatic rings. The summed E-state index contributed by atoms with van der Waals surface area (Å²) in [5, 5.41) is 7.98. The van der Waals surface area contributed by atoms with Crippen LogP contribution in [-0.4, -0.2) is 11.1 Å². The second-order valence-corrected chi connectivity index (χ2v) is 3.83. The van der Waals surface area contributed by atoms with Crippen molar-refractivity contribution < 1.29 is 18.7 Å². The van der Waals surface area contributed by atoms with Gasteiger partial charge in [-0.15, -0.1) is 0 Å². The molecule has 0 radical (unpaired) electrons. The maximum atomic E-state index is 13.0. The van der Waals surface area contributed by atoms with Gasteiger partial charge >= 0.3 is 11.9 Å². The van der Waals surface area contributed by atoms with Crippen LogP contribution in [0.25, 0.3) is 0 Å². The Bertz CT molecular complexity index is 382. The highest BCUT2D eigenvalue weighted by Crippen LogP contribution is 2.34. The fourth-order valence-electron chi connectivity index (χ4n) is 0.859. The summed E-state index contributed by atoms with van der Waals surface area (Å²) in [7, 11) is 0. The first-order chi connectivity index (χ1) is 6.35. The summed E-state index contributed by atoms with van der Waals surface area (Å²) in [6.07, 6.45) is 0.